The van der Waals surface area contributed by atoms with Crippen molar-refractivity contribution in [1.82, 2.24) is 0 Å². The molecule has 0 radical (unpaired) electrons. The summed E-state index contributed by atoms with van der Waals surface area (Å²) in [5.74, 6) is -0.880. The van der Waals surface area contributed by atoms with Crippen LogP contribution < -0.4 is 0 Å². The summed E-state index contributed by atoms with van der Waals surface area (Å²) in [6.45, 7) is 6.56. The highest BCUT2D eigenvalue weighted by atomic mass is 16.6. The predicted octanol–water partition coefficient (Wildman–Crippen LogP) is 25.0. The van der Waals surface area contributed by atoms with Crippen molar-refractivity contribution in [3.05, 3.63) is 85.1 Å². The van der Waals surface area contributed by atoms with E-state index in [-0.39, 0.29) is 31.1 Å². The zero-order valence-electron chi connectivity index (χ0n) is 55.2. The summed E-state index contributed by atoms with van der Waals surface area (Å²) in [6.07, 6.45) is 94.6. The standard InChI is InChI=1S/C77H136O6/c1-4-7-10-13-16-19-22-25-28-31-34-36-37-38-39-41-43-46-49-52-55-58-61-64-67-70-76(79)82-73-74(72-81-75(78)69-66-63-60-57-54-51-48-45-42-33-30-27-24-21-18-15-12-9-6-3)83-77(80)71-68-65-62-59-56-53-50-47-44-40-35-32-29-26-23-20-17-14-11-8-5-2/h9,12,18,21,23,26-27,30-32,34-35,42,45,74H,4-8,10-11,13-17,19-20,22,24-25,28-29,33,36-41,43-44,46-73H2,1-3H3/b12-9-,21-18-,26-23-,30-27-,34-31-,35-32-,45-42-. The maximum absolute atomic E-state index is 13.0. The minimum absolute atomic E-state index is 0.0809. The number of rotatable bonds is 66. The van der Waals surface area contributed by atoms with E-state index in [2.05, 4.69) is 106 Å². The van der Waals surface area contributed by atoms with Crippen molar-refractivity contribution in [3.8, 4) is 0 Å². The number of hydrogen-bond acceptors (Lipinski definition) is 6. The molecule has 0 bridgehead atoms. The van der Waals surface area contributed by atoms with Gasteiger partial charge in [0.15, 0.2) is 6.10 Å². The van der Waals surface area contributed by atoms with Crippen LogP contribution in [0, 0.1) is 0 Å². The lowest BCUT2D eigenvalue weighted by molar-refractivity contribution is -0.167. The molecule has 0 heterocycles. The molecule has 0 saturated carbocycles. The molecule has 0 amide bonds. The van der Waals surface area contributed by atoms with Gasteiger partial charge in [-0.2, -0.15) is 0 Å². The molecule has 6 nitrogen and oxygen atoms in total. The van der Waals surface area contributed by atoms with E-state index in [4.69, 9.17) is 14.2 Å². The third kappa shape index (κ3) is 69.3. The molecular weight excluding hydrogens is 1020 g/mol. The Kier molecular flexibility index (Phi) is 68.2. The Bertz CT molecular complexity index is 1570. The van der Waals surface area contributed by atoms with Crippen molar-refractivity contribution >= 4 is 17.9 Å². The maximum Gasteiger partial charge on any atom is 0.306 e. The van der Waals surface area contributed by atoms with Crippen LogP contribution in [-0.4, -0.2) is 37.2 Å². The van der Waals surface area contributed by atoms with Crippen LogP contribution in [-0.2, 0) is 28.6 Å². The zero-order chi connectivity index (χ0) is 59.9. The van der Waals surface area contributed by atoms with E-state index in [0.29, 0.717) is 19.3 Å². The Morgan fingerprint density at radius 3 is 0.747 bits per heavy atom. The highest BCUT2D eigenvalue weighted by Gasteiger charge is 2.19. The molecule has 0 aromatic heterocycles. The second-order valence-electron chi connectivity index (χ2n) is 24.1. The highest BCUT2D eigenvalue weighted by Crippen LogP contribution is 2.17. The summed E-state index contributed by atoms with van der Waals surface area (Å²) < 4.78 is 17.0. The van der Waals surface area contributed by atoms with Crippen LogP contribution in [0.15, 0.2) is 85.1 Å². The molecule has 0 saturated heterocycles. The molecule has 0 fully saturated rings. The third-order valence-electron chi connectivity index (χ3n) is 15.9. The summed E-state index contributed by atoms with van der Waals surface area (Å²) in [6, 6.07) is 0. The van der Waals surface area contributed by atoms with E-state index in [1.54, 1.807) is 0 Å². The molecule has 1 unspecified atom stereocenters. The normalized spacial score (nSPS) is 12.6. The Morgan fingerprint density at radius 2 is 0.470 bits per heavy atom. The minimum atomic E-state index is -0.788. The Morgan fingerprint density at radius 1 is 0.253 bits per heavy atom. The van der Waals surface area contributed by atoms with E-state index in [1.807, 2.05) is 0 Å². The van der Waals surface area contributed by atoms with Gasteiger partial charge >= 0.3 is 17.9 Å². The van der Waals surface area contributed by atoms with Crippen molar-refractivity contribution in [2.45, 2.75) is 374 Å². The van der Waals surface area contributed by atoms with Gasteiger partial charge in [-0.05, 0) is 116 Å². The molecule has 0 spiro atoms. The smallest absolute Gasteiger partial charge is 0.306 e. The molecule has 0 aromatic rings. The monoisotopic (exact) mass is 1160 g/mol. The maximum atomic E-state index is 13.0. The lowest BCUT2D eigenvalue weighted by Crippen LogP contribution is -2.30. The van der Waals surface area contributed by atoms with E-state index in [0.717, 1.165) is 96.3 Å². The molecule has 83 heavy (non-hydrogen) atoms. The van der Waals surface area contributed by atoms with Crippen LogP contribution in [0.4, 0.5) is 0 Å². The first kappa shape index (κ1) is 79.6. The van der Waals surface area contributed by atoms with Gasteiger partial charge < -0.3 is 14.2 Å². The summed E-state index contributed by atoms with van der Waals surface area (Å²) in [5.41, 5.74) is 0. The zero-order valence-corrected chi connectivity index (χ0v) is 55.2. The van der Waals surface area contributed by atoms with Gasteiger partial charge in [-0.3, -0.25) is 14.4 Å². The van der Waals surface area contributed by atoms with E-state index < -0.39 is 6.10 Å². The molecule has 0 aromatic carbocycles. The van der Waals surface area contributed by atoms with Crippen LogP contribution in [0.3, 0.4) is 0 Å². The fraction of sp³-hybridized carbons (Fsp3) is 0.779. The number of ether oxygens (including phenoxy) is 3. The van der Waals surface area contributed by atoms with Gasteiger partial charge in [0, 0.05) is 19.3 Å². The van der Waals surface area contributed by atoms with Crippen LogP contribution in [0.25, 0.3) is 0 Å². The molecule has 0 rings (SSSR count). The second kappa shape index (κ2) is 71.1. The van der Waals surface area contributed by atoms with Crippen LogP contribution in [0.2, 0.25) is 0 Å². The lowest BCUT2D eigenvalue weighted by atomic mass is 10.0. The van der Waals surface area contributed by atoms with E-state index in [1.165, 1.54) is 231 Å². The van der Waals surface area contributed by atoms with Gasteiger partial charge in [-0.1, -0.05) is 318 Å². The number of allylic oxidation sites excluding steroid dienone is 14. The SMILES string of the molecule is CC/C=C\C/C=C\C/C=C\C/C=C\CCCCCCCCC(=O)OCC(COC(=O)CCCCCCCCCCCCCCC/C=C\CCCCCCCCCC)OC(=O)CCCCCCCCCCC/C=C\C/C=C\CCCCCCC. The van der Waals surface area contributed by atoms with Gasteiger partial charge in [0.1, 0.15) is 13.2 Å². The first-order chi connectivity index (χ1) is 41.0. The average molecular weight is 1160 g/mol. The molecule has 0 aliphatic carbocycles. The second-order valence-corrected chi connectivity index (χ2v) is 24.1. The summed E-state index contributed by atoms with van der Waals surface area (Å²) in [4.78, 5) is 38.5. The number of unbranched alkanes of at least 4 members (excludes halogenated alkanes) is 41. The number of carbonyl (C=O) groups is 3. The Labute approximate surface area is 515 Å². The van der Waals surface area contributed by atoms with Crippen LogP contribution >= 0.6 is 0 Å². The topological polar surface area (TPSA) is 78.9 Å². The van der Waals surface area contributed by atoms with Crippen LogP contribution in [0.1, 0.15) is 367 Å². The molecule has 0 aliphatic rings. The van der Waals surface area contributed by atoms with Crippen molar-refractivity contribution in [2.24, 2.45) is 0 Å². The molecule has 480 valence electrons. The molecule has 6 heteroatoms. The predicted molar refractivity (Wildman–Crippen MR) is 362 cm³/mol. The molecule has 1 atom stereocenters. The van der Waals surface area contributed by atoms with Crippen molar-refractivity contribution in [2.75, 3.05) is 13.2 Å². The summed E-state index contributed by atoms with van der Waals surface area (Å²) in [5, 5.41) is 0. The minimum Gasteiger partial charge on any atom is -0.462 e. The third-order valence-corrected chi connectivity index (χ3v) is 15.9. The molecule has 0 N–H and O–H groups in total. The van der Waals surface area contributed by atoms with Gasteiger partial charge in [0.25, 0.3) is 0 Å². The first-order valence-electron chi connectivity index (χ1n) is 36.1. The lowest BCUT2D eigenvalue weighted by Gasteiger charge is -2.18. The molecular formula is C77H136O6. The summed E-state index contributed by atoms with van der Waals surface area (Å²) in [7, 11) is 0. The molecule has 0 aliphatic heterocycles. The van der Waals surface area contributed by atoms with Gasteiger partial charge in [0.05, 0.1) is 0 Å². The van der Waals surface area contributed by atoms with Crippen LogP contribution in [0.5, 0.6) is 0 Å². The van der Waals surface area contributed by atoms with E-state index in [9.17, 15) is 14.4 Å². The summed E-state index contributed by atoms with van der Waals surface area (Å²) >= 11 is 0. The Balaban J connectivity index is 4.36. The number of esters is 3. The van der Waals surface area contributed by atoms with Crippen molar-refractivity contribution < 1.29 is 28.6 Å². The largest absolute Gasteiger partial charge is 0.462 e. The Hall–Kier alpha value is -3.41. The average Bonchev–Trinajstić information content (AvgIpc) is 3.49. The quantitative estimate of drug-likeness (QED) is 0.0261. The van der Waals surface area contributed by atoms with Crippen molar-refractivity contribution in [1.29, 1.82) is 0 Å². The van der Waals surface area contributed by atoms with E-state index >= 15 is 0 Å². The fourth-order valence-corrected chi connectivity index (χ4v) is 10.5. The number of hydrogen-bond donors (Lipinski definition) is 0. The first-order valence-corrected chi connectivity index (χ1v) is 36.1. The fourth-order valence-electron chi connectivity index (χ4n) is 10.5. The number of carbonyl (C=O) groups excluding carboxylic acids is 3. The van der Waals surface area contributed by atoms with Gasteiger partial charge in [-0.15, -0.1) is 0 Å². The van der Waals surface area contributed by atoms with Crippen molar-refractivity contribution in [3.63, 3.8) is 0 Å². The highest BCUT2D eigenvalue weighted by molar-refractivity contribution is 5.71. The van der Waals surface area contributed by atoms with Gasteiger partial charge in [-0.25, -0.2) is 0 Å². The van der Waals surface area contributed by atoms with Gasteiger partial charge in [0.2, 0.25) is 0 Å².